The van der Waals surface area contributed by atoms with Gasteiger partial charge in [0, 0.05) is 29.7 Å². The van der Waals surface area contributed by atoms with E-state index in [1.54, 1.807) is 34.8 Å². The molecular weight excluding hydrogens is 291 g/mol. The van der Waals surface area contributed by atoms with Gasteiger partial charge in [0.05, 0.1) is 4.88 Å². The fraction of sp³-hybridized carbons (Fsp3) is 0.133. The summed E-state index contributed by atoms with van der Waals surface area (Å²) in [6.45, 7) is 1.17. The molecule has 0 aliphatic rings. The summed E-state index contributed by atoms with van der Waals surface area (Å²) < 4.78 is 13.5. The van der Waals surface area contributed by atoms with Crippen LogP contribution in [-0.2, 0) is 13.1 Å². The maximum absolute atomic E-state index is 13.5. The summed E-state index contributed by atoms with van der Waals surface area (Å²) in [4.78, 5) is 6.82. The highest BCUT2D eigenvalue weighted by molar-refractivity contribution is 7.21. The molecule has 20 heavy (non-hydrogen) atoms. The molecule has 0 unspecified atom stereocenters. The van der Waals surface area contributed by atoms with Crippen LogP contribution in [0, 0.1) is 5.82 Å². The Morgan fingerprint density at radius 3 is 2.75 bits per heavy atom. The third-order valence-corrected chi connectivity index (χ3v) is 4.93. The van der Waals surface area contributed by atoms with E-state index in [2.05, 4.69) is 21.7 Å². The third kappa shape index (κ3) is 3.12. The molecule has 2 aromatic heterocycles. The minimum Gasteiger partial charge on any atom is -0.306 e. The molecule has 2 nitrogen and oxygen atoms in total. The Morgan fingerprint density at radius 2 is 1.95 bits per heavy atom. The predicted molar refractivity (Wildman–Crippen MR) is 82.4 cm³/mol. The molecule has 102 valence electrons. The number of aromatic nitrogens is 1. The number of halogens is 1. The first-order chi connectivity index (χ1) is 9.83. The lowest BCUT2D eigenvalue weighted by molar-refractivity contribution is 0.587. The number of benzene rings is 1. The largest absolute Gasteiger partial charge is 0.306 e. The zero-order valence-corrected chi connectivity index (χ0v) is 12.3. The van der Waals surface area contributed by atoms with Crippen LogP contribution in [0.5, 0.6) is 0 Å². The Balaban J connectivity index is 1.58. The van der Waals surface area contributed by atoms with Gasteiger partial charge in [-0.3, -0.25) is 0 Å². The smallest absolute Gasteiger partial charge is 0.127 e. The molecule has 0 radical (unpaired) electrons. The van der Waals surface area contributed by atoms with Crippen molar-refractivity contribution in [3.63, 3.8) is 0 Å². The summed E-state index contributed by atoms with van der Waals surface area (Å²) in [6.07, 6.45) is 1.90. The molecule has 0 aliphatic carbocycles. The summed E-state index contributed by atoms with van der Waals surface area (Å²) in [7, 11) is 0. The molecule has 0 spiro atoms. The zero-order chi connectivity index (χ0) is 13.8. The Kier molecular flexibility index (Phi) is 4.20. The van der Waals surface area contributed by atoms with Crippen molar-refractivity contribution in [3.8, 4) is 9.75 Å². The molecular formula is C15H13FN2S2. The molecule has 1 aromatic carbocycles. The first kappa shape index (κ1) is 13.4. The van der Waals surface area contributed by atoms with E-state index in [-0.39, 0.29) is 5.82 Å². The number of thiazole rings is 1. The number of thiophene rings is 1. The van der Waals surface area contributed by atoms with Crippen LogP contribution in [0.3, 0.4) is 0 Å². The van der Waals surface area contributed by atoms with Gasteiger partial charge < -0.3 is 5.32 Å². The van der Waals surface area contributed by atoms with Gasteiger partial charge in [0.25, 0.3) is 0 Å². The normalized spacial score (nSPS) is 10.8. The number of nitrogens with zero attached hydrogens (tertiary/aromatic N) is 1. The highest BCUT2D eigenvalue weighted by Crippen LogP contribution is 2.29. The van der Waals surface area contributed by atoms with Crippen molar-refractivity contribution in [2.24, 2.45) is 0 Å². The van der Waals surface area contributed by atoms with Crippen LogP contribution in [0.2, 0.25) is 0 Å². The third-order valence-electron chi connectivity index (χ3n) is 2.87. The van der Waals surface area contributed by atoms with E-state index in [0.717, 1.165) is 5.01 Å². The van der Waals surface area contributed by atoms with Crippen molar-refractivity contribution >= 4 is 22.7 Å². The van der Waals surface area contributed by atoms with Gasteiger partial charge in [-0.05, 0) is 17.5 Å². The highest BCUT2D eigenvalue weighted by atomic mass is 32.1. The molecule has 0 bridgehead atoms. The quantitative estimate of drug-likeness (QED) is 0.760. The van der Waals surface area contributed by atoms with Gasteiger partial charge >= 0.3 is 0 Å². The number of rotatable bonds is 5. The predicted octanol–water partition coefficient (Wildman–Crippen LogP) is 4.30. The van der Waals surface area contributed by atoms with Crippen molar-refractivity contribution in [2.45, 2.75) is 13.1 Å². The Labute approximate surface area is 124 Å². The summed E-state index contributed by atoms with van der Waals surface area (Å²) in [6, 6.07) is 11.0. The van der Waals surface area contributed by atoms with Crippen LogP contribution in [0.4, 0.5) is 4.39 Å². The van der Waals surface area contributed by atoms with Crippen molar-refractivity contribution in [2.75, 3.05) is 0 Å². The lowest BCUT2D eigenvalue weighted by atomic mass is 10.2. The minimum atomic E-state index is -0.168. The van der Waals surface area contributed by atoms with E-state index in [1.807, 2.05) is 18.3 Å². The summed E-state index contributed by atoms with van der Waals surface area (Å²) in [5, 5.41) is 6.31. The number of nitrogens with one attached hydrogen (secondary N) is 1. The molecule has 0 aliphatic heterocycles. The van der Waals surface area contributed by atoms with E-state index < -0.39 is 0 Å². The zero-order valence-electron chi connectivity index (χ0n) is 10.7. The van der Waals surface area contributed by atoms with Gasteiger partial charge in [-0.15, -0.1) is 22.7 Å². The van der Waals surface area contributed by atoms with Crippen LogP contribution in [0.15, 0.2) is 48.0 Å². The first-order valence-electron chi connectivity index (χ1n) is 6.25. The maximum atomic E-state index is 13.5. The van der Waals surface area contributed by atoms with Crippen molar-refractivity contribution < 1.29 is 4.39 Å². The summed E-state index contributed by atoms with van der Waals surface area (Å²) in [5.41, 5.74) is 0.683. The van der Waals surface area contributed by atoms with Gasteiger partial charge in [-0.25, -0.2) is 9.37 Å². The van der Waals surface area contributed by atoms with Crippen LogP contribution in [0.25, 0.3) is 9.75 Å². The maximum Gasteiger partial charge on any atom is 0.127 e. The van der Waals surface area contributed by atoms with E-state index in [9.17, 15) is 4.39 Å². The SMILES string of the molecule is Fc1ccccc1CNCc1ncc(-c2cccs2)s1. The summed E-state index contributed by atoms with van der Waals surface area (Å²) >= 11 is 3.39. The standard InChI is InChI=1S/C15H13FN2S2/c16-12-5-2-1-4-11(12)8-17-10-15-18-9-14(20-15)13-6-3-7-19-13/h1-7,9,17H,8,10H2. The molecule has 0 saturated carbocycles. The molecule has 2 heterocycles. The van der Waals surface area contributed by atoms with E-state index >= 15 is 0 Å². The minimum absolute atomic E-state index is 0.168. The molecule has 5 heteroatoms. The molecule has 1 N–H and O–H groups in total. The van der Waals surface area contributed by atoms with Gasteiger partial charge in [0.2, 0.25) is 0 Å². The average molecular weight is 304 g/mol. The molecule has 3 aromatic rings. The molecule has 0 saturated heterocycles. The topological polar surface area (TPSA) is 24.9 Å². The van der Waals surface area contributed by atoms with E-state index in [4.69, 9.17) is 0 Å². The average Bonchev–Trinajstić information content (AvgIpc) is 3.11. The van der Waals surface area contributed by atoms with Crippen LogP contribution in [-0.4, -0.2) is 4.98 Å². The van der Waals surface area contributed by atoms with Gasteiger partial charge in [0.1, 0.15) is 10.8 Å². The number of hydrogen-bond acceptors (Lipinski definition) is 4. The Hall–Kier alpha value is -1.56. The van der Waals surface area contributed by atoms with Crippen LogP contribution >= 0.6 is 22.7 Å². The van der Waals surface area contributed by atoms with Gasteiger partial charge in [0.15, 0.2) is 0 Å². The second-order valence-electron chi connectivity index (χ2n) is 4.29. The fourth-order valence-electron chi connectivity index (χ4n) is 1.87. The lowest BCUT2D eigenvalue weighted by Crippen LogP contribution is -2.13. The Bertz CT molecular complexity index is 677. The van der Waals surface area contributed by atoms with Crippen molar-refractivity contribution in [1.29, 1.82) is 0 Å². The van der Waals surface area contributed by atoms with Crippen molar-refractivity contribution in [1.82, 2.24) is 10.3 Å². The second kappa shape index (κ2) is 6.26. The molecule has 0 amide bonds. The monoisotopic (exact) mass is 304 g/mol. The first-order valence-corrected chi connectivity index (χ1v) is 7.95. The van der Waals surface area contributed by atoms with E-state index in [1.165, 1.54) is 15.8 Å². The van der Waals surface area contributed by atoms with Crippen molar-refractivity contribution in [3.05, 3.63) is 64.4 Å². The lowest BCUT2D eigenvalue weighted by Gasteiger charge is -2.03. The van der Waals surface area contributed by atoms with Gasteiger partial charge in [-0.2, -0.15) is 0 Å². The van der Waals surface area contributed by atoms with E-state index in [0.29, 0.717) is 18.7 Å². The van der Waals surface area contributed by atoms with Crippen LogP contribution in [0.1, 0.15) is 10.6 Å². The molecule has 0 fully saturated rings. The second-order valence-corrected chi connectivity index (χ2v) is 6.35. The molecule has 0 atom stereocenters. The Morgan fingerprint density at radius 1 is 1.05 bits per heavy atom. The molecule has 3 rings (SSSR count). The van der Waals surface area contributed by atoms with Crippen LogP contribution < -0.4 is 5.32 Å². The van der Waals surface area contributed by atoms with Gasteiger partial charge in [-0.1, -0.05) is 24.3 Å². The fourth-order valence-corrected chi connectivity index (χ4v) is 3.58. The highest BCUT2D eigenvalue weighted by Gasteiger charge is 2.05. The number of hydrogen-bond donors (Lipinski definition) is 1. The summed E-state index contributed by atoms with van der Waals surface area (Å²) in [5.74, 6) is -0.168.